The van der Waals surface area contributed by atoms with Gasteiger partial charge in [0.1, 0.15) is 5.75 Å². The molecule has 0 spiro atoms. The first-order chi connectivity index (χ1) is 11.8. The van der Waals surface area contributed by atoms with Crippen molar-refractivity contribution in [2.45, 2.75) is 39.0 Å². The van der Waals surface area contributed by atoms with E-state index in [0.717, 1.165) is 18.6 Å². The molecule has 122 valence electrons. The Balaban J connectivity index is 1.89. The van der Waals surface area contributed by atoms with Crippen LogP contribution in [0.5, 0.6) is 5.75 Å². The van der Waals surface area contributed by atoms with Crippen LogP contribution in [0.25, 0.3) is 10.8 Å². The maximum Gasteiger partial charge on any atom is 0.150 e. The molecule has 3 aromatic carbocycles. The molecule has 2 heteroatoms. The number of aryl methyl sites for hydroxylation is 1. The van der Waals surface area contributed by atoms with Crippen LogP contribution in [0.15, 0.2) is 60.7 Å². The van der Waals surface area contributed by atoms with Crippen molar-refractivity contribution in [2.24, 2.45) is 0 Å². The van der Waals surface area contributed by atoms with E-state index < -0.39 is 0 Å². The second-order valence-electron chi connectivity index (χ2n) is 6.60. The smallest absolute Gasteiger partial charge is 0.150 e. The molecule has 0 unspecified atom stereocenters. The second kappa shape index (κ2) is 6.29. The summed E-state index contributed by atoms with van der Waals surface area (Å²) >= 11 is 0. The SMILES string of the molecule is CCC[C@@H]1N[C@@H](c2ccc(C)cc2)c2c(ccc3ccccc23)O1. The highest BCUT2D eigenvalue weighted by molar-refractivity contribution is 5.89. The highest BCUT2D eigenvalue weighted by atomic mass is 16.5. The molecule has 0 amide bonds. The van der Waals surface area contributed by atoms with Gasteiger partial charge in [-0.3, -0.25) is 5.32 Å². The zero-order chi connectivity index (χ0) is 16.5. The van der Waals surface area contributed by atoms with Crippen LogP contribution in [0.1, 0.15) is 42.5 Å². The predicted molar refractivity (Wildman–Crippen MR) is 99.4 cm³/mol. The third-order valence-electron chi connectivity index (χ3n) is 4.80. The van der Waals surface area contributed by atoms with Crippen molar-refractivity contribution in [3.05, 3.63) is 77.4 Å². The number of nitrogens with one attached hydrogen (secondary N) is 1. The first kappa shape index (κ1) is 15.2. The molecule has 3 aromatic rings. The molecular weight excluding hydrogens is 294 g/mol. The zero-order valence-corrected chi connectivity index (χ0v) is 14.3. The summed E-state index contributed by atoms with van der Waals surface area (Å²) in [7, 11) is 0. The Bertz CT molecular complexity index is 853. The molecule has 0 bridgehead atoms. The normalized spacial score (nSPS) is 19.8. The maximum atomic E-state index is 6.24. The van der Waals surface area contributed by atoms with Crippen LogP contribution in [0.4, 0.5) is 0 Å². The molecule has 1 aliphatic heterocycles. The van der Waals surface area contributed by atoms with Crippen LogP contribution in [0.2, 0.25) is 0 Å². The molecule has 0 saturated carbocycles. The Morgan fingerprint density at radius 1 is 0.958 bits per heavy atom. The van der Waals surface area contributed by atoms with Gasteiger partial charge < -0.3 is 4.74 Å². The quantitative estimate of drug-likeness (QED) is 0.703. The molecule has 2 nitrogen and oxygen atoms in total. The summed E-state index contributed by atoms with van der Waals surface area (Å²) < 4.78 is 6.24. The van der Waals surface area contributed by atoms with E-state index in [1.165, 1.54) is 27.5 Å². The molecule has 0 fully saturated rings. The summed E-state index contributed by atoms with van der Waals surface area (Å²) in [5.41, 5.74) is 3.83. The summed E-state index contributed by atoms with van der Waals surface area (Å²) in [6, 6.07) is 21.8. The first-order valence-electron chi connectivity index (χ1n) is 8.77. The molecule has 0 radical (unpaired) electrons. The third-order valence-corrected chi connectivity index (χ3v) is 4.80. The summed E-state index contributed by atoms with van der Waals surface area (Å²) in [4.78, 5) is 0. The molecule has 1 N–H and O–H groups in total. The summed E-state index contributed by atoms with van der Waals surface area (Å²) in [5, 5.41) is 6.24. The average molecular weight is 317 g/mol. The van der Waals surface area contributed by atoms with E-state index in [4.69, 9.17) is 4.74 Å². The van der Waals surface area contributed by atoms with Crippen LogP contribution in [0.3, 0.4) is 0 Å². The lowest BCUT2D eigenvalue weighted by atomic mass is 9.91. The number of rotatable bonds is 3. The highest BCUT2D eigenvalue weighted by Gasteiger charge is 2.29. The van der Waals surface area contributed by atoms with Gasteiger partial charge in [-0.15, -0.1) is 0 Å². The largest absolute Gasteiger partial charge is 0.475 e. The van der Waals surface area contributed by atoms with Gasteiger partial charge in [0.15, 0.2) is 6.23 Å². The van der Waals surface area contributed by atoms with Crippen LogP contribution in [-0.4, -0.2) is 6.23 Å². The summed E-state index contributed by atoms with van der Waals surface area (Å²) in [5.74, 6) is 1.01. The van der Waals surface area contributed by atoms with Crippen molar-refractivity contribution < 1.29 is 4.74 Å². The monoisotopic (exact) mass is 317 g/mol. The number of hydrogen-bond donors (Lipinski definition) is 1. The van der Waals surface area contributed by atoms with Crippen LogP contribution >= 0.6 is 0 Å². The van der Waals surface area contributed by atoms with E-state index in [-0.39, 0.29) is 12.3 Å². The molecule has 24 heavy (non-hydrogen) atoms. The van der Waals surface area contributed by atoms with Crippen molar-refractivity contribution in [1.82, 2.24) is 5.32 Å². The molecular formula is C22H23NO. The van der Waals surface area contributed by atoms with E-state index in [1.807, 2.05) is 0 Å². The highest BCUT2D eigenvalue weighted by Crippen LogP contribution is 2.40. The molecule has 2 atom stereocenters. The van der Waals surface area contributed by atoms with Gasteiger partial charge in [0.05, 0.1) is 6.04 Å². The van der Waals surface area contributed by atoms with E-state index in [0.29, 0.717) is 0 Å². The number of ether oxygens (including phenoxy) is 1. The van der Waals surface area contributed by atoms with Gasteiger partial charge in [0.25, 0.3) is 0 Å². The Labute approximate surface area is 143 Å². The number of hydrogen-bond acceptors (Lipinski definition) is 2. The van der Waals surface area contributed by atoms with Gasteiger partial charge >= 0.3 is 0 Å². The standard InChI is InChI=1S/C22H23NO/c1-3-6-20-23-22(17-11-9-15(2)10-12-17)21-18-8-5-4-7-16(18)13-14-19(21)24-20/h4-5,7-14,20,22-23H,3,6H2,1-2H3/t20-,22+/m1/s1. The molecule has 4 rings (SSSR count). The fourth-order valence-corrected chi connectivity index (χ4v) is 3.56. The van der Waals surface area contributed by atoms with E-state index in [2.05, 4.69) is 79.8 Å². The van der Waals surface area contributed by atoms with Gasteiger partial charge in [-0.25, -0.2) is 0 Å². The topological polar surface area (TPSA) is 21.3 Å². The Kier molecular flexibility index (Phi) is 3.99. The predicted octanol–water partition coefficient (Wildman–Crippen LogP) is 5.35. The Hall–Kier alpha value is -2.32. The van der Waals surface area contributed by atoms with Gasteiger partial charge in [-0.05, 0) is 35.7 Å². The molecule has 0 saturated heterocycles. The van der Waals surface area contributed by atoms with Crippen molar-refractivity contribution >= 4 is 10.8 Å². The van der Waals surface area contributed by atoms with E-state index in [1.54, 1.807) is 0 Å². The lowest BCUT2D eigenvalue weighted by Crippen LogP contribution is -2.42. The third kappa shape index (κ3) is 2.67. The van der Waals surface area contributed by atoms with Crippen molar-refractivity contribution in [2.75, 3.05) is 0 Å². The van der Waals surface area contributed by atoms with E-state index >= 15 is 0 Å². The average Bonchev–Trinajstić information content (AvgIpc) is 2.62. The Morgan fingerprint density at radius 3 is 2.54 bits per heavy atom. The van der Waals surface area contributed by atoms with Crippen LogP contribution in [-0.2, 0) is 0 Å². The van der Waals surface area contributed by atoms with E-state index in [9.17, 15) is 0 Å². The minimum atomic E-state index is 0.0648. The van der Waals surface area contributed by atoms with Crippen molar-refractivity contribution in [3.63, 3.8) is 0 Å². The van der Waals surface area contributed by atoms with Gasteiger partial charge in [0.2, 0.25) is 0 Å². The lowest BCUT2D eigenvalue weighted by molar-refractivity contribution is 0.123. The minimum absolute atomic E-state index is 0.0648. The Morgan fingerprint density at radius 2 is 1.75 bits per heavy atom. The van der Waals surface area contributed by atoms with Gasteiger partial charge in [0, 0.05) is 5.56 Å². The number of fused-ring (bicyclic) bond motifs is 3. The number of benzene rings is 3. The summed E-state index contributed by atoms with van der Waals surface area (Å²) in [6.07, 6.45) is 2.17. The second-order valence-corrected chi connectivity index (χ2v) is 6.60. The van der Waals surface area contributed by atoms with Crippen LogP contribution in [0, 0.1) is 6.92 Å². The lowest BCUT2D eigenvalue weighted by Gasteiger charge is -2.35. The fraction of sp³-hybridized carbons (Fsp3) is 0.273. The van der Waals surface area contributed by atoms with Crippen molar-refractivity contribution in [1.29, 1.82) is 0 Å². The molecule has 0 aliphatic carbocycles. The first-order valence-corrected chi connectivity index (χ1v) is 8.77. The van der Waals surface area contributed by atoms with Gasteiger partial charge in [-0.1, -0.05) is 73.5 Å². The molecule has 0 aromatic heterocycles. The van der Waals surface area contributed by atoms with Gasteiger partial charge in [-0.2, -0.15) is 0 Å². The minimum Gasteiger partial charge on any atom is -0.475 e. The zero-order valence-electron chi connectivity index (χ0n) is 14.3. The molecule has 1 heterocycles. The maximum absolute atomic E-state index is 6.24. The molecule has 1 aliphatic rings. The van der Waals surface area contributed by atoms with Crippen LogP contribution < -0.4 is 10.1 Å². The fourth-order valence-electron chi connectivity index (χ4n) is 3.56. The summed E-state index contributed by atoms with van der Waals surface area (Å²) in [6.45, 7) is 4.33. The van der Waals surface area contributed by atoms with Crippen molar-refractivity contribution in [3.8, 4) is 5.75 Å².